The van der Waals surface area contributed by atoms with Gasteiger partial charge in [-0.1, -0.05) is 0 Å². The van der Waals surface area contributed by atoms with Crippen LogP contribution in [0, 0.1) is 12.3 Å². The van der Waals surface area contributed by atoms with Crippen molar-refractivity contribution in [2.45, 2.75) is 32.2 Å². The van der Waals surface area contributed by atoms with Crippen LogP contribution in [0.25, 0.3) is 6.08 Å². The summed E-state index contributed by atoms with van der Waals surface area (Å²) in [4.78, 5) is 58.0. The topological polar surface area (TPSA) is 157 Å². The van der Waals surface area contributed by atoms with Gasteiger partial charge in [-0.15, -0.1) is 0 Å². The SMILES string of the molecule is Cc1cnc(/C=C/C(=O)NC2CCC3(C2)CN(C(=O)c2n[nH]c(=O)[nH]c2=O)C3)[nH]1. The molecule has 2 amide bonds. The summed E-state index contributed by atoms with van der Waals surface area (Å²) < 4.78 is 0. The first-order chi connectivity index (χ1) is 13.8. The Morgan fingerprint density at radius 2 is 2.10 bits per heavy atom. The Hall–Kier alpha value is -3.50. The first-order valence-electron chi connectivity index (χ1n) is 9.32. The lowest BCUT2D eigenvalue weighted by Gasteiger charge is -2.48. The van der Waals surface area contributed by atoms with Crippen molar-refractivity contribution in [3.63, 3.8) is 0 Å². The fourth-order valence-corrected chi connectivity index (χ4v) is 4.09. The average Bonchev–Trinajstić information content (AvgIpc) is 3.24. The van der Waals surface area contributed by atoms with Crippen LogP contribution in [0.15, 0.2) is 21.9 Å². The van der Waals surface area contributed by atoms with E-state index >= 15 is 0 Å². The third kappa shape index (κ3) is 3.89. The van der Waals surface area contributed by atoms with Gasteiger partial charge < -0.3 is 15.2 Å². The smallest absolute Gasteiger partial charge is 0.342 e. The van der Waals surface area contributed by atoms with Crippen molar-refractivity contribution >= 4 is 17.9 Å². The molecule has 3 heterocycles. The lowest BCUT2D eigenvalue weighted by molar-refractivity contribution is -0.117. The first-order valence-corrected chi connectivity index (χ1v) is 9.32. The quantitative estimate of drug-likeness (QED) is 0.499. The van der Waals surface area contributed by atoms with Crippen molar-refractivity contribution in [3.8, 4) is 0 Å². The van der Waals surface area contributed by atoms with Crippen LogP contribution in [0.1, 0.15) is 41.3 Å². The second-order valence-electron chi connectivity index (χ2n) is 7.75. The van der Waals surface area contributed by atoms with E-state index in [9.17, 15) is 19.2 Å². The molecular weight excluding hydrogens is 378 g/mol. The summed E-state index contributed by atoms with van der Waals surface area (Å²) in [6.07, 6.45) is 7.26. The average molecular weight is 399 g/mol. The van der Waals surface area contributed by atoms with Crippen LogP contribution in [0.2, 0.25) is 0 Å². The summed E-state index contributed by atoms with van der Waals surface area (Å²) in [7, 11) is 0. The molecule has 1 atom stereocenters. The molecule has 1 unspecified atom stereocenters. The number of imidazole rings is 1. The van der Waals surface area contributed by atoms with Gasteiger partial charge in [0, 0.05) is 42.5 Å². The number of likely N-dealkylation sites (tertiary alicyclic amines) is 1. The third-order valence-corrected chi connectivity index (χ3v) is 5.42. The number of hydrogen-bond donors (Lipinski definition) is 4. The van der Waals surface area contributed by atoms with Crippen molar-refractivity contribution in [1.82, 2.24) is 35.4 Å². The molecule has 152 valence electrons. The molecule has 4 N–H and O–H groups in total. The van der Waals surface area contributed by atoms with Gasteiger partial charge in [0.1, 0.15) is 5.82 Å². The van der Waals surface area contributed by atoms with E-state index < -0.39 is 17.2 Å². The van der Waals surface area contributed by atoms with E-state index in [0.717, 1.165) is 25.0 Å². The van der Waals surface area contributed by atoms with Gasteiger partial charge in [0.05, 0.1) is 0 Å². The zero-order valence-corrected chi connectivity index (χ0v) is 15.8. The van der Waals surface area contributed by atoms with Crippen LogP contribution in [0.4, 0.5) is 0 Å². The van der Waals surface area contributed by atoms with Crippen LogP contribution >= 0.6 is 0 Å². The highest BCUT2D eigenvalue weighted by Crippen LogP contribution is 2.45. The third-order valence-electron chi connectivity index (χ3n) is 5.42. The normalized spacial score (nSPS) is 20.2. The van der Waals surface area contributed by atoms with Crippen molar-refractivity contribution in [2.24, 2.45) is 5.41 Å². The number of rotatable bonds is 4. The number of nitrogens with zero attached hydrogens (tertiary/aromatic N) is 3. The summed E-state index contributed by atoms with van der Waals surface area (Å²) in [5, 5.41) is 8.61. The predicted octanol–water partition coefficient (Wildman–Crippen LogP) is -0.686. The lowest BCUT2D eigenvalue weighted by Crippen LogP contribution is -2.58. The van der Waals surface area contributed by atoms with E-state index in [1.54, 1.807) is 17.2 Å². The molecule has 2 aromatic heterocycles. The largest absolute Gasteiger partial charge is 0.350 e. The molecule has 2 aliphatic rings. The van der Waals surface area contributed by atoms with Gasteiger partial charge in [-0.3, -0.25) is 19.4 Å². The van der Waals surface area contributed by atoms with Crippen LogP contribution in [0.5, 0.6) is 0 Å². The minimum atomic E-state index is -0.796. The number of amides is 2. The van der Waals surface area contributed by atoms with Crippen molar-refractivity contribution < 1.29 is 9.59 Å². The molecule has 4 rings (SSSR count). The van der Waals surface area contributed by atoms with Gasteiger partial charge in [0.15, 0.2) is 0 Å². The second-order valence-corrected chi connectivity index (χ2v) is 7.75. The first kappa shape index (κ1) is 18.8. The number of aromatic nitrogens is 5. The van der Waals surface area contributed by atoms with Crippen LogP contribution in [-0.4, -0.2) is 61.0 Å². The molecule has 2 fully saturated rings. The van der Waals surface area contributed by atoms with E-state index in [1.165, 1.54) is 6.08 Å². The molecule has 1 saturated carbocycles. The highest BCUT2D eigenvalue weighted by atomic mass is 16.2. The molecule has 29 heavy (non-hydrogen) atoms. The summed E-state index contributed by atoms with van der Waals surface area (Å²) >= 11 is 0. The molecule has 0 aromatic carbocycles. The molecule has 2 aromatic rings. The van der Waals surface area contributed by atoms with Gasteiger partial charge in [-0.25, -0.2) is 14.9 Å². The van der Waals surface area contributed by atoms with Gasteiger partial charge in [0.2, 0.25) is 11.6 Å². The Labute approximate surface area is 164 Å². The number of hydrogen-bond acceptors (Lipinski definition) is 6. The molecule has 11 heteroatoms. The number of carbonyl (C=O) groups excluding carboxylic acids is 2. The van der Waals surface area contributed by atoms with Gasteiger partial charge in [0.25, 0.3) is 11.5 Å². The van der Waals surface area contributed by atoms with Crippen LogP contribution in [-0.2, 0) is 4.79 Å². The van der Waals surface area contributed by atoms with Gasteiger partial charge >= 0.3 is 5.69 Å². The summed E-state index contributed by atoms with van der Waals surface area (Å²) in [6.45, 7) is 2.89. The molecule has 1 saturated heterocycles. The fourth-order valence-electron chi connectivity index (χ4n) is 4.09. The summed E-state index contributed by atoms with van der Waals surface area (Å²) in [5.41, 5.74) is -0.997. The number of aromatic amines is 3. The molecule has 1 spiro atoms. The standard InChI is InChI=1S/C18H21N7O4/c1-10-7-19-12(20-10)2-3-13(26)21-11-4-5-18(6-11)8-25(9-18)16(28)14-15(27)22-17(29)24-23-14/h2-3,7,11H,4-6,8-9H2,1H3,(H,19,20)(H,21,26)(H2,22,24,27,29)/b3-2+. The maximum absolute atomic E-state index is 12.4. The van der Waals surface area contributed by atoms with E-state index in [4.69, 9.17) is 0 Å². The fraction of sp³-hybridized carbons (Fsp3) is 0.444. The summed E-state index contributed by atoms with van der Waals surface area (Å²) in [6, 6.07) is 0.0392. The molecule has 11 nitrogen and oxygen atoms in total. The highest BCUT2D eigenvalue weighted by Gasteiger charge is 2.50. The van der Waals surface area contributed by atoms with E-state index in [0.29, 0.717) is 18.9 Å². The van der Waals surface area contributed by atoms with E-state index in [1.807, 2.05) is 11.9 Å². The minimum absolute atomic E-state index is 0.0392. The molecule has 0 radical (unpaired) electrons. The Bertz CT molecular complexity index is 1090. The van der Waals surface area contributed by atoms with Gasteiger partial charge in [-0.2, -0.15) is 5.10 Å². The molecule has 1 aliphatic heterocycles. The number of aryl methyl sites for hydroxylation is 1. The zero-order valence-electron chi connectivity index (χ0n) is 15.8. The van der Waals surface area contributed by atoms with Crippen molar-refractivity contribution in [1.29, 1.82) is 0 Å². The zero-order chi connectivity index (χ0) is 20.6. The molecular formula is C18H21N7O4. The lowest BCUT2D eigenvalue weighted by atomic mass is 9.78. The number of nitrogens with one attached hydrogen (secondary N) is 4. The van der Waals surface area contributed by atoms with E-state index in [-0.39, 0.29) is 23.1 Å². The van der Waals surface area contributed by atoms with E-state index in [2.05, 4.69) is 25.5 Å². The summed E-state index contributed by atoms with van der Waals surface area (Å²) in [5.74, 6) is -0.0610. The molecule has 1 aliphatic carbocycles. The highest BCUT2D eigenvalue weighted by molar-refractivity contribution is 5.92. The second kappa shape index (κ2) is 7.15. The Morgan fingerprint density at radius 1 is 1.31 bits per heavy atom. The van der Waals surface area contributed by atoms with Crippen LogP contribution in [0.3, 0.4) is 0 Å². The number of H-pyrrole nitrogens is 3. The minimum Gasteiger partial charge on any atom is -0.350 e. The Kier molecular flexibility index (Phi) is 4.65. The van der Waals surface area contributed by atoms with Crippen molar-refractivity contribution in [3.05, 3.63) is 50.3 Å². The Balaban J connectivity index is 1.30. The monoisotopic (exact) mass is 399 g/mol. The van der Waals surface area contributed by atoms with Crippen molar-refractivity contribution in [2.75, 3.05) is 13.1 Å². The number of carbonyl (C=O) groups is 2. The Morgan fingerprint density at radius 3 is 2.79 bits per heavy atom. The predicted molar refractivity (Wildman–Crippen MR) is 102 cm³/mol. The molecule has 0 bridgehead atoms. The maximum atomic E-state index is 12.4. The maximum Gasteiger partial charge on any atom is 0.342 e. The van der Waals surface area contributed by atoms with Gasteiger partial charge in [-0.05, 0) is 32.3 Å². The van der Waals surface area contributed by atoms with Crippen LogP contribution < -0.4 is 16.6 Å².